The van der Waals surface area contributed by atoms with E-state index in [2.05, 4.69) is 5.32 Å². The number of hydrogen-bond donors (Lipinski definition) is 3. The van der Waals surface area contributed by atoms with Crippen molar-refractivity contribution in [1.29, 1.82) is 0 Å². The maximum atomic E-state index is 12.7. The molecule has 8 nitrogen and oxygen atoms in total. The van der Waals surface area contributed by atoms with E-state index >= 15 is 0 Å². The van der Waals surface area contributed by atoms with Gasteiger partial charge in [0.25, 0.3) is 0 Å². The maximum absolute atomic E-state index is 12.7. The standard InChI is InChI=1S/C23H25NO7/c1-23(2,12-4-3-5-20(26)27)21(15-6-9-17(25)10-7-15)31-22(28)24-16-8-11-18-19(13-16)30-14-29-18/h3,5-11,13,21,25H,4,12,14H2,1-2H3,(H,24,28)(H,26,27)/b5-3+/t21-/m0/s1. The van der Waals surface area contributed by atoms with Crippen LogP contribution in [0.2, 0.25) is 0 Å². The largest absolute Gasteiger partial charge is 0.508 e. The minimum atomic E-state index is -1.01. The number of carbonyl (C=O) groups excluding carboxylic acids is 1. The van der Waals surface area contributed by atoms with Crippen LogP contribution in [0, 0.1) is 5.41 Å². The number of aliphatic carboxylic acids is 1. The number of carbonyl (C=O) groups is 2. The molecular formula is C23H25NO7. The Kier molecular flexibility index (Phi) is 6.69. The lowest BCUT2D eigenvalue weighted by Crippen LogP contribution is -2.29. The van der Waals surface area contributed by atoms with Gasteiger partial charge in [0.05, 0.1) is 0 Å². The van der Waals surface area contributed by atoms with Crippen LogP contribution in [-0.2, 0) is 9.53 Å². The molecule has 0 unspecified atom stereocenters. The van der Waals surface area contributed by atoms with E-state index in [1.54, 1.807) is 36.4 Å². The summed E-state index contributed by atoms with van der Waals surface area (Å²) in [7, 11) is 0. The minimum Gasteiger partial charge on any atom is -0.508 e. The van der Waals surface area contributed by atoms with Crippen LogP contribution in [0.15, 0.2) is 54.6 Å². The van der Waals surface area contributed by atoms with Gasteiger partial charge in [-0.1, -0.05) is 32.1 Å². The molecule has 0 aromatic heterocycles. The van der Waals surface area contributed by atoms with Gasteiger partial charge in [0, 0.05) is 23.2 Å². The lowest BCUT2D eigenvalue weighted by Gasteiger charge is -2.34. The Morgan fingerprint density at radius 2 is 1.87 bits per heavy atom. The summed E-state index contributed by atoms with van der Waals surface area (Å²) in [6.45, 7) is 4.01. The SMILES string of the molecule is CC(C)(CC/C=C/C(=O)O)[C@@H](OC(=O)Nc1ccc2c(c1)OCO2)c1ccc(O)cc1. The summed E-state index contributed by atoms with van der Waals surface area (Å²) in [4.78, 5) is 23.4. The highest BCUT2D eigenvalue weighted by Crippen LogP contribution is 2.41. The first kappa shape index (κ1) is 22.0. The highest BCUT2D eigenvalue weighted by molar-refractivity contribution is 5.85. The molecule has 1 aliphatic heterocycles. The van der Waals surface area contributed by atoms with Crippen molar-refractivity contribution in [3.8, 4) is 17.2 Å². The third kappa shape index (κ3) is 5.91. The van der Waals surface area contributed by atoms with Crippen LogP contribution >= 0.6 is 0 Å². The molecule has 2 aromatic rings. The van der Waals surface area contributed by atoms with Gasteiger partial charge in [0.2, 0.25) is 6.79 Å². The van der Waals surface area contributed by atoms with E-state index in [0.717, 1.165) is 6.08 Å². The molecule has 2 aromatic carbocycles. The topological polar surface area (TPSA) is 114 Å². The number of allylic oxidation sites excluding steroid dienone is 1. The molecule has 3 rings (SSSR count). The summed E-state index contributed by atoms with van der Waals surface area (Å²) in [5, 5.41) is 21.1. The van der Waals surface area contributed by atoms with Crippen molar-refractivity contribution in [2.45, 2.75) is 32.8 Å². The summed E-state index contributed by atoms with van der Waals surface area (Å²) < 4.78 is 16.4. The Bertz CT molecular complexity index is 966. The van der Waals surface area contributed by atoms with Crippen molar-refractivity contribution in [3.63, 3.8) is 0 Å². The fraction of sp³-hybridized carbons (Fsp3) is 0.304. The Morgan fingerprint density at radius 1 is 1.16 bits per heavy atom. The quantitative estimate of drug-likeness (QED) is 0.516. The van der Waals surface area contributed by atoms with Gasteiger partial charge in [-0.3, -0.25) is 5.32 Å². The molecule has 1 aliphatic rings. The van der Waals surface area contributed by atoms with Crippen molar-refractivity contribution >= 4 is 17.7 Å². The van der Waals surface area contributed by atoms with Crippen molar-refractivity contribution in [2.24, 2.45) is 5.41 Å². The number of aromatic hydroxyl groups is 1. The molecule has 0 fully saturated rings. The normalized spacial score (nSPS) is 13.7. The van der Waals surface area contributed by atoms with Crippen LogP contribution < -0.4 is 14.8 Å². The summed E-state index contributed by atoms with van der Waals surface area (Å²) >= 11 is 0. The number of ether oxygens (including phenoxy) is 3. The van der Waals surface area contributed by atoms with Gasteiger partial charge < -0.3 is 24.4 Å². The highest BCUT2D eigenvalue weighted by atomic mass is 16.7. The fourth-order valence-electron chi connectivity index (χ4n) is 3.33. The first-order valence-corrected chi connectivity index (χ1v) is 9.80. The van der Waals surface area contributed by atoms with E-state index in [1.165, 1.54) is 12.1 Å². The van der Waals surface area contributed by atoms with E-state index in [1.807, 2.05) is 13.8 Å². The van der Waals surface area contributed by atoms with Gasteiger partial charge in [-0.15, -0.1) is 0 Å². The van der Waals surface area contributed by atoms with Crippen molar-refractivity contribution in [2.75, 3.05) is 12.1 Å². The summed E-state index contributed by atoms with van der Waals surface area (Å²) in [5.41, 5.74) is 0.693. The molecule has 1 amide bonds. The molecule has 3 N–H and O–H groups in total. The van der Waals surface area contributed by atoms with Gasteiger partial charge in [0.15, 0.2) is 11.5 Å². The van der Waals surface area contributed by atoms with Crippen LogP contribution in [0.3, 0.4) is 0 Å². The molecule has 31 heavy (non-hydrogen) atoms. The van der Waals surface area contributed by atoms with Gasteiger partial charge in [-0.25, -0.2) is 9.59 Å². The third-order valence-electron chi connectivity index (χ3n) is 4.97. The first-order valence-electron chi connectivity index (χ1n) is 9.80. The van der Waals surface area contributed by atoms with E-state index in [9.17, 15) is 14.7 Å². The number of carboxylic acid groups (broad SMARTS) is 1. The summed E-state index contributed by atoms with van der Waals surface area (Å²) in [6, 6.07) is 11.5. The smallest absolute Gasteiger partial charge is 0.412 e. The van der Waals surface area contributed by atoms with Crippen LogP contribution in [0.5, 0.6) is 17.2 Å². The molecule has 1 heterocycles. The van der Waals surface area contributed by atoms with E-state index in [0.29, 0.717) is 35.6 Å². The molecule has 0 bridgehead atoms. The molecule has 164 valence electrons. The molecular weight excluding hydrogens is 402 g/mol. The zero-order valence-electron chi connectivity index (χ0n) is 17.3. The van der Waals surface area contributed by atoms with Crippen molar-refractivity contribution in [3.05, 3.63) is 60.2 Å². The third-order valence-corrected chi connectivity index (χ3v) is 4.97. The van der Waals surface area contributed by atoms with Crippen molar-refractivity contribution in [1.82, 2.24) is 0 Å². The Labute approximate surface area is 180 Å². The van der Waals surface area contributed by atoms with Crippen LogP contribution in [0.25, 0.3) is 0 Å². The van der Waals surface area contributed by atoms with Crippen molar-refractivity contribution < 1.29 is 34.0 Å². The number of carboxylic acids is 1. The molecule has 0 aliphatic carbocycles. The van der Waals surface area contributed by atoms with Crippen LogP contribution in [0.1, 0.15) is 38.4 Å². The molecule has 0 radical (unpaired) electrons. The number of hydrogen-bond acceptors (Lipinski definition) is 6. The lowest BCUT2D eigenvalue weighted by molar-refractivity contribution is -0.131. The number of amides is 1. The number of phenols is 1. The fourth-order valence-corrected chi connectivity index (χ4v) is 3.33. The lowest BCUT2D eigenvalue weighted by atomic mass is 9.78. The Morgan fingerprint density at radius 3 is 2.58 bits per heavy atom. The van der Waals surface area contributed by atoms with Gasteiger partial charge in [0.1, 0.15) is 11.9 Å². The predicted octanol–water partition coefficient (Wildman–Crippen LogP) is 4.86. The van der Waals surface area contributed by atoms with Gasteiger partial charge in [-0.2, -0.15) is 0 Å². The zero-order chi connectivity index (χ0) is 22.4. The molecule has 0 spiro atoms. The number of fused-ring (bicyclic) bond motifs is 1. The number of phenolic OH excluding ortho intramolecular Hbond substituents is 1. The second kappa shape index (κ2) is 9.42. The molecule has 0 saturated carbocycles. The minimum absolute atomic E-state index is 0.106. The van der Waals surface area contributed by atoms with E-state index in [-0.39, 0.29) is 12.5 Å². The average Bonchev–Trinajstić information content (AvgIpc) is 3.18. The second-order valence-electron chi connectivity index (χ2n) is 7.84. The maximum Gasteiger partial charge on any atom is 0.412 e. The number of rotatable bonds is 8. The van der Waals surface area contributed by atoms with Gasteiger partial charge in [-0.05, 0) is 42.7 Å². The zero-order valence-corrected chi connectivity index (χ0v) is 17.3. The molecule has 0 saturated heterocycles. The van der Waals surface area contributed by atoms with Crippen LogP contribution in [0.4, 0.5) is 10.5 Å². The van der Waals surface area contributed by atoms with E-state index < -0.39 is 23.6 Å². The monoisotopic (exact) mass is 427 g/mol. The Hall–Kier alpha value is -3.68. The van der Waals surface area contributed by atoms with Gasteiger partial charge >= 0.3 is 12.1 Å². The molecule has 8 heteroatoms. The van der Waals surface area contributed by atoms with Crippen LogP contribution in [-0.4, -0.2) is 29.1 Å². The summed E-state index contributed by atoms with van der Waals surface area (Å²) in [5.74, 6) is 0.247. The second-order valence-corrected chi connectivity index (χ2v) is 7.84. The number of nitrogens with one attached hydrogen (secondary N) is 1. The number of benzene rings is 2. The molecule has 1 atom stereocenters. The number of anilines is 1. The highest BCUT2D eigenvalue weighted by Gasteiger charge is 2.34. The average molecular weight is 427 g/mol. The van der Waals surface area contributed by atoms with E-state index in [4.69, 9.17) is 19.3 Å². The predicted molar refractivity (Wildman–Crippen MR) is 113 cm³/mol. The summed E-state index contributed by atoms with van der Waals surface area (Å²) in [6.07, 6.45) is 2.45. The first-order chi connectivity index (χ1) is 14.7. The Balaban J connectivity index is 1.74.